The molecule has 0 fully saturated rings. The predicted molar refractivity (Wildman–Crippen MR) is 119 cm³/mol. The van der Waals surface area contributed by atoms with Crippen molar-refractivity contribution >= 4 is 32.7 Å². The molecule has 0 bridgehead atoms. The van der Waals surface area contributed by atoms with Crippen LogP contribution in [0.25, 0.3) is 17.0 Å². The van der Waals surface area contributed by atoms with Crippen LogP contribution in [0.2, 0.25) is 0 Å². The summed E-state index contributed by atoms with van der Waals surface area (Å²) in [5.74, 6) is 0.433. The van der Waals surface area contributed by atoms with Gasteiger partial charge in [-0.3, -0.25) is 4.31 Å². The van der Waals surface area contributed by atoms with Crippen LogP contribution in [0.5, 0.6) is 5.88 Å². The number of sulfonamides is 1. The van der Waals surface area contributed by atoms with Gasteiger partial charge in [0.1, 0.15) is 0 Å². The highest BCUT2D eigenvalue weighted by molar-refractivity contribution is 7.92. The van der Waals surface area contributed by atoms with Crippen molar-refractivity contribution in [2.45, 2.75) is 4.90 Å². The monoisotopic (exact) mass is 430 g/mol. The minimum atomic E-state index is -3.72. The quantitative estimate of drug-likeness (QED) is 0.521. The van der Waals surface area contributed by atoms with Crippen molar-refractivity contribution in [2.75, 3.05) is 11.4 Å². The van der Waals surface area contributed by atoms with Gasteiger partial charge in [-0.25, -0.2) is 18.4 Å². The van der Waals surface area contributed by atoms with Gasteiger partial charge in [-0.15, -0.1) is 0 Å². The number of hydrogen-bond donors (Lipinski definition) is 2. The second kappa shape index (κ2) is 7.10. The van der Waals surface area contributed by atoms with Crippen molar-refractivity contribution in [1.29, 1.82) is 0 Å². The molecule has 0 unspecified atom stereocenters. The molecule has 0 atom stereocenters. The number of aromatic hydroxyl groups is 1. The Bertz CT molecular complexity index is 1540. The normalized spacial score (nSPS) is 12.9. The summed E-state index contributed by atoms with van der Waals surface area (Å²) in [6.07, 6.45) is 1.68. The smallest absolute Gasteiger partial charge is 0.264 e. The van der Waals surface area contributed by atoms with Gasteiger partial charge in [0.15, 0.2) is 11.7 Å². The fraction of sp³-hybridized carbons (Fsp3) is 0.0435. The summed E-state index contributed by atoms with van der Waals surface area (Å²) in [5, 5.41) is 12.7. The minimum absolute atomic E-state index is 0.0328. The van der Waals surface area contributed by atoms with E-state index in [1.54, 1.807) is 54.6 Å². The molecule has 1 aromatic heterocycles. The van der Waals surface area contributed by atoms with E-state index in [0.29, 0.717) is 28.0 Å². The summed E-state index contributed by atoms with van der Waals surface area (Å²) < 4.78 is 27.2. The predicted octanol–water partition coefficient (Wildman–Crippen LogP) is 2.95. The van der Waals surface area contributed by atoms with E-state index in [0.717, 1.165) is 10.7 Å². The lowest BCUT2D eigenvalue weighted by Crippen LogP contribution is -2.26. The fourth-order valence-electron chi connectivity index (χ4n) is 3.54. The third kappa shape index (κ3) is 3.27. The van der Waals surface area contributed by atoms with Crippen molar-refractivity contribution in [3.63, 3.8) is 0 Å². The number of aromatic nitrogens is 1. The first-order chi connectivity index (χ1) is 14.9. The summed E-state index contributed by atoms with van der Waals surface area (Å²) >= 11 is 0. The second-order valence-electron chi connectivity index (χ2n) is 7.12. The van der Waals surface area contributed by atoms with Gasteiger partial charge in [0.05, 0.1) is 21.3 Å². The van der Waals surface area contributed by atoms with E-state index in [1.807, 2.05) is 24.3 Å². The topological polar surface area (TPSA) is 98.1 Å². The number of nitrogens with zero attached hydrogens (tertiary/aromatic N) is 3. The van der Waals surface area contributed by atoms with Crippen LogP contribution in [0.1, 0.15) is 5.56 Å². The number of benzene rings is 3. The lowest BCUT2D eigenvalue weighted by molar-refractivity contribution is 0.457. The van der Waals surface area contributed by atoms with Crippen LogP contribution in [-0.2, 0) is 10.0 Å². The highest BCUT2D eigenvalue weighted by Gasteiger charge is 2.22. The van der Waals surface area contributed by atoms with Gasteiger partial charge >= 0.3 is 0 Å². The average Bonchev–Trinajstić information content (AvgIpc) is 3.33. The molecular formula is C23H18N4O3S. The molecular weight excluding hydrogens is 412 g/mol. The third-order valence-electron chi connectivity index (χ3n) is 5.19. The maximum atomic E-state index is 13.0. The van der Waals surface area contributed by atoms with Gasteiger partial charge in [-0.05, 0) is 48.5 Å². The molecule has 0 saturated heterocycles. The Hall–Kier alpha value is -3.91. The molecule has 0 saturated carbocycles. The van der Waals surface area contributed by atoms with Crippen molar-refractivity contribution in [3.05, 3.63) is 94.9 Å². The Morgan fingerprint density at radius 3 is 2.26 bits per heavy atom. The van der Waals surface area contributed by atoms with E-state index < -0.39 is 10.0 Å². The van der Waals surface area contributed by atoms with Crippen molar-refractivity contribution in [3.8, 4) is 5.88 Å². The van der Waals surface area contributed by atoms with E-state index in [4.69, 9.17) is 0 Å². The Morgan fingerprint density at radius 2 is 1.58 bits per heavy atom. The number of nitrogens with one attached hydrogen (secondary N) is 1. The number of rotatable bonds is 4. The molecule has 3 aromatic carbocycles. The fourth-order valence-corrected chi connectivity index (χ4v) is 4.74. The van der Waals surface area contributed by atoms with Crippen molar-refractivity contribution in [2.24, 2.45) is 9.98 Å². The summed E-state index contributed by atoms with van der Waals surface area (Å²) in [5.41, 5.74) is 1.64. The van der Waals surface area contributed by atoms with Crippen LogP contribution < -0.4 is 15.0 Å². The molecule has 0 aliphatic carbocycles. The molecule has 2 N–H and O–H groups in total. The number of aromatic amines is 1. The Labute approximate surface area is 178 Å². The van der Waals surface area contributed by atoms with Gasteiger partial charge in [0.2, 0.25) is 0 Å². The molecule has 1 aliphatic rings. The lowest BCUT2D eigenvalue weighted by atomic mass is 10.1. The Morgan fingerprint density at radius 1 is 0.935 bits per heavy atom. The maximum absolute atomic E-state index is 13.0. The number of anilines is 1. The first kappa shape index (κ1) is 19.1. The zero-order chi connectivity index (χ0) is 21.6. The molecule has 31 heavy (non-hydrogen) atoms. The first-order valence-corrected chi connectivity index (χ1v) is 11.0. The third-order valence-corrected chi connectivity index (χ3v) is 6.99. The lowest BCUT2D eigenvalue weighted by Gasteiger charge is -2.19. The number of hydrogen-bond acceptors (Lipinski definition) is 5. The number of fused-ring (bicyclic) bond motifs is 2. The van der Waals surface area contributed by atoms with E-state index in [9.17, 15) is 13.5 Å². The van der Waals surface area contributed by atoms with Crippen molar-refractivity contribution in [1.82, 2.24) is 4.98 Å². The molecule has 0 amide bonds. The molecule has 7 nitrogen and oxygen atoms in total. The highest BCUT2D eigenvalue weighted by Crippen LogP contribution is 2.33. The molecule has 0 radical (unpaired) electrons. The van der Waals surface area contributed by atoms with Gasteiger partial charge < -0.3 is 10.1 Å². The molecule has 4 aromatic rings. The SMILES string of the molecule is CN(c1ccc2[nH]c(O)c(C=C3N=c4ccccc4=N3)c2c1)S(=O)(=O)c1ccccc1. The van der Waals surface area contributed by atoms with Crippen LogP contribution in [0.15, 0.2) is 93.5 Å². The molecule has 154 valence electrons. The zero-order valence-electron chi connectivity index (χ0n) is 16.5. The Kier molecular flexibility index (Phi) is 4.37. The number of para-hydroxylation sites is 2. The van der Waals surface area contributed by atoms with Crippen LogP contribution in [0.4, 0.5) is 5.69 Å². The first-order valence-electron chi connectivity index (χ1n) is 9.56. The summed E-state index contributed by atoms with van der Waals surface area (Å²) in [7, 11) is -2.21. The summed E-state index contributed by atoms with van der Waals surface area (Å²) in [6, 6.07) is 20.9. The van der Waals surface area contributed by atoms with Crippen LogP contribution in [0.3, 0.4) is 0 Å². The van der Waals surface area contributed by atoms with Crippen LogP contribution >= 0.6 is 0 Å². The van der Waals surface area contributed by atoms with Gasteiger partial charge in [-0.2, -0.15) is 0 Å². The summed E-state index contributed by atoms with van der Waals surface area (Å²) in [6.45, 7) is 0. The molecule has 1 aliphatic heterocycles. The van der Waals surface area contributed by atoms with E-state index >= 15 is 0 Å². The molecule has 8 heteroatoms. The van der Waals surface area contributed by atoms with Crippen LogP contribution in [0, 0.1) is 0 Å². The minimum Gasteiger partial charge on any atom is -0.494 e. The average molecular weight is 430 g/mol. The number of H-pyrrole nitrogens is 1. The van der Waals surface area contributed by atoms with Gasteiger partial charge in [0.25, 0.3) is 10.0 Å². The van der Waals surface area contributed by atoms with E-state index in [2.05, 4.69) is 15.0 Å². The Balaban J connectivity index is 1.60. The van der Waals surface area contributed by atoms with E-state index in [1.165, 1.54) is 11.4 Å². The molecule has 0 spiro atoms. The largest absolute Gasteiger partial charge is 0.494 e. The molecule has 2 heterocycles. The van der Waals surface area contributed by atoms with Crippen LogP contribution in [-0.4, -0.2) is 25.6 Å². The second-order valence-corrected chi connectivity index (χ2v) is 9.09. The van der Waals surface area contributed by atoms with Crippen molar-refractivity contribution < 1.29 is 13.5 Å². The highest BCUT2D eigenvalue weighted by atomic mass is 32.2. The molecule has 5 rings (SSSR count). The standard InChI is InChI=1S/C23H18N4O3S/c1-27(31(29,30)16-7-3-2-4-8-16)15-11-12-19-17(13-15)18(23(28)26-19)14-22-24-20-9-5-6-10-21(20)25-22/h2-14,26,28H,1H3. The van der Waals surface area contributed by atoms with Gasteiger partial charge in [0, 0.05) is 23.5 Å². The summed E-state index contributed by atoms with van der Waals surface area (Å²) in [4.78, 5) is 12.1. The van der Waals surface area contributed by atoms with E-state index in [-0.39, 0.29) is 10.8 Å². The van der Waals surface area contributed by atoms with Gasteiger partial charge in [-0.1, -0.05) is 30.3 Å². The maximum Gasteiger partial charge on any atom is 0.264 e. The zero-order valence-corrected chi connectivity index (χ0v) is 17.3.